The highest BCUT2D eigenvalue weighted by atomic mass is 16.4. The predicted molar refractivity (Wildman–Crippen MR) is 75.1 cm³/mol. The number of carboxylic acids is 1. The topological polar surface area (TPSA) is 40.5 Å². The zero-order valence-corrected chi connectivity index (χ0v) is 11.7. The van der Waals surface area contributed by atoms with Crippen molar-refractivity contribution in [1.82, 2.24) is 0 Å². The van der Waals surface area contributed by atoms with Crippen LogP contribution in [0.4, 0.5) is 5.69 Å². The number of rotatable bonds is 6. The molecule has 100 valence electrons. The number of anilines is 1. The Morgan fingerprint density at radius 3 is 2.22 bits per heavy atom. The minimum Gasteiger partial charge on any atom is -0.481 e. The van der Waals surface area contributed by atoms with E-state index < -0.39 is 11.4 Å². The number of aryl methyl sites for hydroxylation is 1. The van der Waals surface area contributed by atoms with Crippen molar-refractivity contribution in [2.24, 2.45) is 5.41 Å². The molecule has 1 rings (SSSR count). The number of hydrogen-bond acceptors (Lipinski definition) is 2. The first-order chi connectivity index (χ1) is 8.42. The fourth-order valence-electron chi connectivity index (χ4n) is 1.89. The summed E-state index contributed by atoms with van der Waals surface area (Å²) < 4.78 is 0. The summed E-state index contributed by atoms with van der Waals surface area (Å²) >= 11 is 0. The van der Waals surface area contributed by atoms with Gasteiger partial charge in [-0.3, -0.25) is 4.79 Å². The first-order valence-electron chi connectivity index (χ1n) is 6.48. The van der Waals surface area contributed by atoms with Crippen LogP contribution < -0.4 is 4.90 Å². The molecular formula is C15H23NO2. The molecule has 3 nitrogen and oxygen atoms in total. The summed E-state index contributed by atoms with van der Waals surface area (Å²) in [6.07, 6.45) is 0.630. The molecule has 0 amide bonds. The highest BCUT2D eigenvalue weighted by Crippen LogP contribution is 2.26. The molecule has 1 aromatic rings. The molecule has 0 bridgehead atoms. The van der Waals surface area contributed by atoms with E-state index in [1.807, 2.05) is 20.8 Å². The molecule has 0 aliphatic heterocycles. The number of nitrogens with zero attached hydrogens (tertiary/aromatic N) is 1. The normalized spacial score (nSPS) is 14.0. The van der Waals surface area contributed by atoms with Crippen molar-refractivity contribution in [3.8, 4) is 0 Å². The van der Waals surface area contributed by atoms with Crippen LogP contribution in [-0.4, -0.2) is 24.2 Å². The number of benzene rings is 1. The van der Waals surface area contributed by atoms with Gasteiger partial charge in [-0.15, -0.1) is 0 Å². The van der Waals surface area contributed by atoms with Gasteiger partial charge < -0.3 is 10.0 Å². The molecule has 0 fully saturated rings. The minimum absolute atomic E-state index is 0.540. The molecule has 0 saturated carbocycles. The van der Waals surface area contributed by atoms with E-state index in [9.17, 15) is 9.90 Å². The summed E-state index contributed by atoms with van der Waals surface area (Å²) in [5, 5.41) is 9.34. The number of hydrogen-bond donors (Lipinski definition) is 1. The second kappa shape index (κ2) is 5.89. The van der Waals surface area contributed by atoms with Crippen LogP contribution in [-0.2, 0) is 4.79 Å². The van der Waals surface area contributed by atoms with Gasteiger partial charge in [-0.2, -0.15) is 0 Å². The number of carbonyl (C=O) groups is 1. The lowest BCUT2D eigenvalue weighted by Gasteiger charge is -2.32. The van der Waals surface area contributed by atoms with E-state index in [0.29, 0.717) is 13.0 Å². The van der Waals surface area contributed by atoms with E-state index in [0.717, 1.165) is 12.2 Å². The van der Waals surface area contributed by atoms with E-state index in [4.69, 9.17) is 0 Å². The van der Waals surface area contributed by atoms with E-state index in [2.05, 4.69) is 36.1 Å². The van der Waals surface area contributed by atoms with Gasteiger partial charge in [0.2, 0.25) is 0 Å². The second-order valence-electron chi connectivity index (χ2n) is 5.07. The van der Waals surface area contributed by atoms with Crippen LogP contribution >= 0.6 is 0 Å². The summed E-state index contributed by atoms with van der Waals surface area (Å²) in [5.41, 5.74) is 1.61. The van der Waals surface area contributed by atoms with Crippen LogP contribution in [0.25, 0.3) is 0 Å². The SMILES string of the molecule is CCN(CC(C)(CC)C(=O)O)c1ccc(C)cc1. The summed E-state index contributed by atoms with van der Waals surface area (Å²) in [4.78, 5) is 13.5. The standard InChI is InChI=1S/C15H23NO2/c1-5-15(4,14(17)18)11-16(6-2)13-9-7-12(3)8-10-13/h7-10H,5-6,11H2,1-4H3,(H,17,18). The predicted octanol–water partition coefficient (Wildman–Crippen LogP) is 3.32. The third-order valence-corrected chi connectivity index (χ3v) is 3.62. The van der Waals surface area contributed by atoms with E-state index in [1.165, 1.54) is 5.56 Å². The molecular weight excluding hydrogens is 226 g/mol. The average Bonchev–Trinajstić information content (AvgIpc) is 2.36. The van der Waals surface area contributed by atoms with Gasteiger partial charge in [-0.1, -0.05) is 24.6 Å². The smallest absolute Gasteiger partial charge is 0.311 e. The Kier molecular flexibility index (Phi) is 4.76. The monoisotopic (exact) mass is 249 g/mol. The lowest BCUT2D eigenvalue weighted by Crippen LogP contribution is -2.41. The highest BCUT2D eigenvalue weighted by molar-refractivity contribution is 5.75. The van der Waals surface area contributed by atoms with Gasteiger partial charge in [-0.05, 0) is 39.3 Å². The first-order valence-corrected chi connectivity index (χ1v) is 6.48. The van der Waals surface area contributed by atoms with Crippen molar-refractivity contribution in [3.63, 3.8) is 0 Å². The Morgan fingerprint density at radius 2 is 1.83 bits per heavy atom. The van der Waals surface area contributed by atoms with Gasteiger partial charge in [0.15, 0.2) is 0 Å². The van der Waals surface area contributed by atoms with Crippen molar-refractivity contribution >= 4 is 11.7 Å². The largest absolute Gasteiger partial charge is 0.481 e. The maximum absolute atomic E-state index is 11.4. The fraction of sp³-hybridized carbons (Fsp3) is 0.533. The van der Waals surface area contributed by atoms with Crippen LogP contribution in [0.1, 0.15) is 32.8 Å². The van der Waals surface area contributed by atoms with Crippen LogP contribution in [0, 0.1) is 12.3 Å². The Hall–Kier alpha value is -1.51. The van der Waals surface area contributed by atoms with Crippen molar-refractivity contribution in [2.75, 3.05) is 18.0 Å². The van der Waals surface area contributed by atoms with Gasteiger partial charge in [0.05, 0.1) is 5.41 Å². The average molecular weight is 249 g/mol. The van der Waals surface area contributed by atoms with Crippen LogP contribution in [0.15, 0.2) is 24.3 Å². The van der Waals surface area contributed by atoms with Crippen molar-refractivity contribution < 1.29 is 9.90 Å². The minimum atomic E-state index is -0.726. The molecule has 3 heteroatoms. The zero-order valence-electron chi connectivity index (χ0n) is 11.7. The third-order valence-electron chi connectivity index (χ3n) is 3.62. The Morgan fingerprint density at radius 1 is 1.28 bits per heavy atom. The fourth-order valence-corrected chi connectivity index (χ4v) is 1.89. The van der Waals surface area contributed by atoms with Gasteiger partial charge in [0.1, 0.15) is 0 Å². The van der Waals surface area contributed by atoms with Crippen molar-refractivity contribution in [2.45, 2.75) is 34.1 Å². The van der Waals surface area contributed by atoms with Crippen LogP contribution in [0.5, 0.6) is 0 Å². The molecule has 0 radical (unpaired) electrons. The Labute approximate surface area is 109 Å². The van der Waals surface area contributed by atoms with Gasteiger partial charge >= 0.3 is 5.97 Å². The molecule has 1 atom stereocenters. The molecule has 1 unspecified atom stereocenters. The van der Waals surface area contributed by atoms with E-state index in [-0.39, 0.29) is 0 Å². The quantitative estimate of drug-likeness (QED) is 0.840. The van der Waals surface area contributed by atoms with Gasteiger partial charge in [0.25, 0.3) is 0 Å². The lowest BCUT2D eigenvalue weighted by atomic mass is 9.87. The molecule has 0 aromatic heterocycles. The molecule has 1 aromatic carbocycles. The Bertz CT molecular complexity index is 399. The summed E-state index contributed by atoms with van der Waals surface area (Å²) in [6.45, 7) is 9.19. The molecule has 0 saturated heterocycles. The summed E-state index contributed by atoms with van der Waals surface area (Å²) in [7, 11) is 0. The molecule has 0 aliphatic rings. The van der Waals surface area contributed by atoms with Gasteiger partial charge in [0, 0.05) is 18.8 Å². The summed E-state index contributed by atoms with van der Waals surface area (Å²) in [6, 6.07) is 8.22. The van der Waals surface area contributed by atoms with Crippen LogP contribution in [0.2, 0.25) is 0 Å². The number of aliphatic carboxylic acids is 1. The molecule has 0 aliphatic carbocycles. The molecule has 0 heterocycles. The maximum Gasteiger partial charge on any atom is 0.311 e. The Balaban J connectivity index is 2.91. The highest BCUT2D eigenvalue weighted by Gasteiger charge is 2.33. The number of carboxylic acid groups (broad SMARTS) is 1. The van der Waals surface area contributed by atoms with Crippen molar-refractivity contribution in [3.05, 3.63) is 29.8 Å². The third kappa shape index (κ3) is 3.25. The first kappa shape index (κ1) is 14.6. The van der Waals surface area contributed by atoms with Gasteiger partial charge in [-0.25, -0.2) is 0 Å². The molecule has 0 spiro atoms. The molecule has 18 heavy (non-hydrogen) atoms. The molecule has 1 N–H and O–H groups in total. The lowest BCUT2D eigenvalue weighted by molar-refractivity contribution is -0.147. The summed E-state index contributed by atoms with van der Waals surface area (Å²) in [5.74, 6) is -0.726. The van der Waals surface area contributed by atoms with E-state index >= 15 is 0 Å². The zero-order chi connectivity index (χ0) is 13.8. The second-order valence-corrected chi connectivity index (χ2v) is 5.07. The van der Waals surface area contributed by atoms with Crippen molar-refractivity contribution in [1.29, 1.82) is 0 Å². The van der Waals surface area contributed by atoms with E-state index in [1.54, 1.807) is 0 Å². The van der Waals surface area contributed by atoms with Crippen LogP contribution in [0.3, 0.4) is 0 Å². The maximum atomic E-state index is 11.4.